The number of benzene rings is 2. The summed E-state index contributed by atoms with van der Waals surface area (Å²) < 4.78 is 0. The fourth-order valence-corrected chi connectivity index (χ4v) is 3.04. The van der Waals surface area contributed by atoms with Crippen LogP contribution in [0.2, 0.25) is 0 Å². The van der Waals surface area contributed by atoms with Gasteiger partial charge >= 0.3 is 0 Å². The van der Waals surface area contributed by atoms with Gasteiger partial charge in [-0.1, -0.05) is 0 Å². The highest BCUT2D eigenvalue weighted by molar-refractivity contribution is 5.94. The van der Waals surface area contributed by atoms with Gasteiger partial charge in [-0.3, -0.25) is 14.9 Å². The summed E-state index contributed by atoms with van der Waals surface area (Å²) in [6, 6.07) is 14.2. The van der Waals surface area contributed by atoms with Crippen LogP contribution in [-0.4, -0.2) is 56.0 Å². The molecule has 2 aromatic rings. The van der Waals surface area contributed by atoms with Crippen LogP contribution in [0.3, 0.4) is 0 Å². The summed E-state index contributed by atoms with van der Waals surface area (Å²) in [5, 5.41) is 10.7. The highest BCUT2D eigenvalue weighted by atomic mass is 16.6. The third-order valence-corrected chi connectivity index (χ3v) is 4.62. The monoisotopic (exact) mass is 354 g/mol. The minimum atomic E-state index is -0.401. The van der Waals surface area contributed by atoms with Crippen molar-refractivity contribution >= 4 is 23.0 Å². The van der Waals surface area contributed by atoms with Crippen LogP contribution in [0.4, 0.5) is 17.1 Å². The van der Waals surface area contributed by atoms with Gasteiger partial charge in [-0.2, -0.15) is 0 Å². The number of nitro groups is 1. The molecule has 0 N–H and O–H groups in total. The summed E-state index contributed by atoms with van der Waals surface area (Å²) in [5.41, 5.74) is 2.78. The van der Waals surface area contributed by atoms with Gasteiger partial charge < -0.3 is 14.7 Å². The minimum absolute atomic E-state index is 0.0404. The zero-order chi connectivity index (χ0) is 18.7. The number of non-ortho nitro benzene ring substituents is 1. The van der Waals surface area contributed by atoms with Crippen LogP contribution in [0.25, 0.3) is 0 Å². The number of hydrogen-bond acceptors (Lipinski definition) is 5. The Morgan fingerprint density at radius 3 is 2.04 bits per heavy atom. The van der Waals surface area contributed by atoms with E-state index < -0.39 is 4.92 Å². The normalized spacial score (nSPS) is 14.2. The number of hydrogen-bond donors (Lipinski definition) is 0. The third kappa shape index (κ3) is 3.77. The Hall–Kier alpha value is -3.09. The molecule has 0 radical (unpaired) electrons. The van der Waals surface area contributed by atoms with E-state index in [1.165, 1.54) is 12.1 Å². The molecular formula is C19H22N4O3. The van der Waals surface area contributed by atoms with Crippen LogP contribution in [0.5, 0.6) is 0 Å². The number of amides is 1. The summed E-state index contributed by atoms with van der Waals surface area (Å²) >= 11 is 0. The lowest BCUT2D eigenvalue weighted by Crippen LogP contribution is -2.48. The van der Waals surface area contributed by atoms with E-state index >= 15 is 0 Å². The first-order valence-electron chi connectivity index (χ1n) is 8.52. The molecule has 0 aliphatic carbocycles. The maximum absolute atomic E-state index is 12.7. The summed E-state index contributed by atoms with van der Waals surface area (Å²) in [6.07, 6.45) is 0. The molecule has 1 amide bonds. The van der Waals surface area contributed by atoms with Gasteiger partial charge in [-0.15, -0.1) is 0 Å². The molecule has 1 aliphatic heterocycles. The quantitative estimate of drug-likeness (QED) is 0.624. The van der Waals surface area contributed by atoms with Gasteiger partial charge in [0.2, 0.25) is 0 Å². The van der Waals surface area contributed by atoms with Crippen molar-refractivity contribution in [2.24, 2.45) is 0 Å². The molecule has 0 saturated carbocycles. The van der Waals surface area contributed by atoms with Crippen molar-refractivity contribution in [3.05, 3.63) is 64.2 Å². The number of anilines is 2. The third-order valence-electron chi connectivity index (χ3n) is 4.62. The van der Waals surface area contributed by atoms with E-state index in [0.717, 1.165) is 11.4 Å². The van der Waals surface area contributed by atoms with Gasteiger partial charge in [0.05, 0.1) is 4.92 Å². The Balaban J connectivity index is 1.60. The van der Waals surface area contributed by atoms with Gasteiger partial charge in [0.1, 0.15) is 0 Å². The summed E-state index contributed by atoms with van der Waals surface area (Å²) in [5.74, 6) is 0.0404. The fraction of sp³-hybridized carbons (Fsp3) is 0.316. The van der Waals surface area contributed by atoms with Gasteiger partial charge in [-0.05, 0) is 36.4 Å². The first-order chi connectivity index (χ1) is 12.5. The zero-order valence-electron chi connectivity index (χ0n) is 15.0. The molecular weight excluding hydrogens is 332 g/mol. The molecule has 3 rings (SSSR count). The van der Waals surface area contributed by atoms with E-state index in [9.17, 15) is 14.9 Å². The number of rotatable bonds is 4. The Morgan fingerprint density at radius 1 is 0.962 bits per heavy atom. The average Bonchev–Trinajstić information content (AvgIpc) is 2.67. The standard InChI is InChI=1S/C19H22N4O3/c1-20(2)16-5-3-15(4-6-16)19(24)22-13-11-21(12-14-22)17-7-9-18(10-8-17)23(25)26/h3-10H,11-14H2,1-2H3. The molecule has 0 spiro atoms. The minimum Gasteiger partial charge on any atom is -0.378 e. The van der Waals surface area contributed by atoms with Crippen molar-refractivity contribution < 1.29 is 9.72 Å². The van der Waals surface area contributed by atoms with Crippen molar-refractivity contribution in [1.29, 1.82) is 0 Å². The molecule has 0 unspecified atom stereocenters. The summed E-state index contributed by atoms with van der Waals surface area (Å²) in [4.78, 5) is 29.0. The van der Waals surface area contributed by atoms with E-state index in [4.69, 9.17) is 0 Å². The molecule has 0 bridgehead atoms. The van der Waals surface area contributed by atoms with Gasteiger partial charge in [0.25, 0.3) is 11.6 Å². The van der Waals surface area contributed by atoms with Crippen molar-refractivity contribution in [2.75, 3.05) is 50.1 Å². The van der Waals surface area contributed by atoms with E-state index in [1.54, 1.807) is 12.1 Å². The lowest BCUT2D eigenvalue weighted by molar-refractivity contribution is -0.384. The second kappa shape index (κ2) is 7.43. The van der Waals surface area contributed by atoms with E-state index in [0.29, 0.717) is 31.7 Å². The molecule has 2 aromatic carbocycles. The number of carbonyl (C=O) groups excluding carboxylic acids is 1. The highest BCUT2D eigenvalue weighted by Gasteiger charge is 2.22. The molecule has 0 atom stereocenters. The zero-order valence-corrected chi connectivity index (χ0v) is 15.0. The first kappa shape index (κ1) is 17.7. The summed E-state index contributed by atoms with van der Waals surface area (Å²) in [6.45, 7) is 2.68. The highest BCUT2D eigenvalue weighted by Crippen LogP contribution is 2.21. The Bertz CT molecular complexity index is 779. The number of piperazine rings is 1. The Morgan fingerprint density at radius 2 is 1.54 bits per heavy atom. The van der Waals surface area contributed by atoms with Crippen molar-refractivity contribution in [3.63, 3.8) is 0 Å². The van der Waals surface area contributed by atoms with Gasteiger partial charge in [0.15, 0.2) is 0 Å². The number of nitrogens with zero attached hydrogens (tertiary/aromatic N) is 4. The second-order valence-corrected chi connectivity index (χ2v) is 6.49. The largest absolute Gasteiger partial charge is 0.378 e. The SMILES string of the molecule is CN(C)c1ccc(C(=O)N2CCN(c3ccc([N+](=O)[O-])cc3)CC2)cc1. The van der Waals surface area contributed by atoms with Crippen molar-refractivity contribution in [2.45, 2.75) is 0 Å². The Labute approximate surface area is 152 Å². The van der Waals surface area contributed by atoms with Crippen LogP contribution in [0.1, 0.15) is 10.4 Å². The molecule has 7 heteroatoms. The molecule has 1 saturated heterocycles. The lowest BCUT2D eigenvalue weighted by Gasteiger charge is -2.36. The topological polar surface area (TPSA) is 69.9 Å². The molecule has 1 fully saturated rings. The smallest absolute Gasteiger partial charge is 0.269 e. The molecule has 1 heterocycles. The fourth-order valence-electron chi connectivity index (χ4n) is 3.04. The predicted octanol–water partition coefficient (Wildman–Crippen LogP) is 2.62. The molecule has 7 nitrogen and oxygen atoms in total. The molecule has 0 aromatic heterocycles. The van der Waals surface area contributed by atoms with Gasteiger partial charge in [0, 0.05) is 69.3 Å². The first-order valence-corrected chi connectivity index (χ1v) is 8.52. The second-order valence-electron chi connectivity index (χ2n) is 6.49. The van der Waals surface area contributed by atoms with Crippen LogP contribution >= 0.6 is 0 Å². The maximum atomic E-state index is 12.7. The van der Waals surface area contributed by atoms with Crippen LogP contribution in [0.15, 0.2) is 48.5 Å². The van der Waals surface area contributed by atoms with Crippen LogP contribution in [-0.2, 0) is 0 Å². The average molecular weight is 354 g/mol. The molecule has 1 aliphatic rings. The summed E-state index contributed by atoms with van der Waals surface area (Å²) in [7, 11) is 3.93. The van der Waals surface area contributed by atoms with Crippen LogP contribution in [0, 0.1) is 10.1 Å². The lowest BCUT2D eigenvalue weighted by atomic mass is 10.1. The van der Waals surface area contributed by atoms with E-state index in [-0.39, 0.29) is 11.6 Å². The molecule has 136 valence electrons. The number of nitro benzene ring substituents is 1. The maximum Gasteiger partial charge on any atom is 0.269 e. The predicted molar refractivity (Wildman–Crippen MR) is 102 cm³/mol. The van der Waals surface area contributed by atoms with E-state index in [2.05, 4.69) is 4.90 Å². The van der Waals surface area contributed by atoms with Gasteiger partial charge in [-0.25, -0.2) is 0 Å². The van der Waals surface area contributed by atoms with E-state index in [1.807, 2.05) is 48.2 Å². The van der Waals surface area contributed by atoms with Crippen molar-refractivity contribution in [1.82, 2.24) is 4.90 Å². The molecule has 26 heavy (non-hydrogen) atoms. The number of carbonyl (C=O) groups is 1. The van der Waals surface area contributed by atoms with Crippen LogP contribution < -0.4 is 9.80 Å². The van der Waals surface area contributed by atoms with Crippen molar-refractivity contribution in [3.8, 4) is 0 Å². The Kier molecular flexibility index (Phi) is 5.06.